The van der Waals surface area contributed by atoms with Crippen LogP contribution in [0.1, 0.15) is 33.6 Å². The zero-order valence-electron chi connectivity index (χ0n) is 17.5. The third kappa shape index (κ3) is 5.44. The first-order valence-electron chi connectivity index (χ1n) is 10.1. The highest BCUT2D eigenvalue weighted by molar-refractivity contribution is 6.00. The van der Waals surface area contributed by atoms with Gasteiger partial charge in [-0.2, -0.15) is 0 Å². The first-order chi connectivity index (χ1) is 14.5. The molecule has 3 rings (SSSR count). The van der Waals surface area contributed by atoms with Gasteiger partial charge < -0.3 is 24.4 Å². The highest BCUT2D eigenvalue weighted by Gasteiger charge is 2.11. The van der Waals surface area contributed by atoms with Crippen LogP contribution < -0.4 is 9.47 Å². The lowest BCUT2D eigenvalue weighted by Gasteiger charge is -2.14. The van der Waals surface area contributed by atoms with Crippen LogP contribution in [0.3, 0.4) is 0 Å². The number of rotatable bonds is 11. The standard InChI is InChI=1S/C23H28O7/c1-4-6-7-26-22-12-18-9-19-13-23(28-14-27-15(3)30-29-5-2)21(25)11-17(19)8-16(18)10-20(22)24/h8-13,15,24-25H,4-7,14H2,1-3H3. The molecule has 0 bridgehead atoms. The molecule has 0 amide bonds. The Balaban J connectivity index is 1.80. The summed E-state index contributed by atoms with van der Waals surface area (Å²) in [4.78, 5) is 9.75. The number of hydrogen-bond acceptors (Lipinski definition) is 7. The maximum Gasteiger partial charge on any atom is 0.192 e. The molecule has 7 nitrogen and oxygen atoms in total. The minimum absolute atomic E-state index is 0.00688. The van der Waals surface area contributed by atoms with Crippen molar-refractivity contribution in [1.82, 2.24) is 0 Å². The first-order valence-corrected chi connectivity index (χ1v) is 10.1. The molecular weight excluding hydrogens is 388 g/mol. The van der Waals surface area contributed by atoms with Crippen LogP contribution in [0.25, 0.3) is 21.5 Å². The van der Waals surface area contributed by atoms with Gasteiger partial charge in [-0.15, -0.1) is 0 Å². The summed E-state index contributed by atoms with van der Waals surface area (Å²) < 4.78 is 16.6. The molecule has 30 heavy (non-hydrogen) atoms. The van der Waals surface area contributed by atoms with Gasteiger partial charge in [0, 0.05) is 0 Å². The van der Waals surface area contributed by atoms with Crippen molar-refractivity contribution in [3.05, 3.63) is 36.4 Å². The Kier molecular flexibility index (Phi) is 7.57. The molecule has 0 aliphatic heterocycles. The van der Waals surface area contributed by atoms with E-state index in [1.54, 1.807) is 25.1 Å². The molecule has 0 heterocycles. The van der Waals surface area contributed by atoms with Crippen LogP contribution in [0.15, 0.2) is 36.4 Å². The van der Waals surface area contributed by atoms with E-state index >= 15 is 0 Å². The topological polar surface area (TPSA) is 86.6 Å². The third-order valence-corrected chi connectivity index (χ3v) is 4.55. The lowest BCUT2D eigenvalue weighted by Crippen LogP contribution is -2.16. The van der Waals surface area contributed by atoms with Gasteiger partial charge in [0.15, 0.2) is 36.1 Å². The number of aromatic hydroxyl groups is 2. The number of phenolic OH excluding ortho intramolecular Hbond substituents is 2. The van der Waals surface area contributed by atoms with Crippen LogP contribution in [0, 0.1) is 0 Å². The number of benzene rings is 3. The van der Waals surface area contributed by atoms with Crippen LogP contribution in [-0.2, 0) is 14.5 Å². The van der Waals surface area contributed by atoms with Gasteiger partial charge in [-0.1, -0.05) is 13.3 Å². The minimum Gasteiger partial charge on any atom is -0.504 e. The normalized spacial score (nSPS) is 12.4. The van der Waals surface area contributed by atoms with E-state index in [1.165, 1.54) is 0 Å². The van der Waals surface area contributed by atoms with Crippen LogP contribution in [0.2, 0.25) is 0 Å². The largest absolute Gasteiger partial charge is 0.504 e. The molecule has 0 aromatic heterocycles. The number of phenols is 2. The third-order valence-electron chi connectivity index (χ3n) is 4.55. The number of hydrogen-bond donors (Lipinski definition) is 2. The second-order valence-corrected chi connectivity index (χ2v) is 6.89. The SMILES string of the molecule is CCCCOc1cc2cc3cc(OCOC(C)OOCC)c(O)cc3cc2cc1O. The Morgan fingerprint density at radius 3 is 1.93 bits per heavy atom. The molecule has 2 N–H and O–H groups in total. The summed E-state index contributed by atoms with van der Waals surface area (Å²) in [7, 11) is 0. The van der Waals surface area contributed by atoms with E-state index in [4.69, 9.17) is 24.0 Å². The van der Waals surface area contributed by atoms with Gasteiger partial charge in [0.2, 0.25) is 0 Å². The van der Waals surface area contributed by atoms with Crippen LogP contribution in [-0.4, -0.2) is 36.5 Å². The second kappa shape index (κ2) is 10.3. The lowest BCUT2D eigenvalue weighted by atomic mass is 10.0. The van der Waals surface area contributed by atoms with Crippen LogP contribution in [0.5, 0.6) is 23.0 Å². The van der Waals surface area contributed by atoms with Crippen molar-refractivity contribution >= 4 is 21.5 Å². The molecule has 162 valence electrons. The summed E-state index contributed by atoms with van der Waals surface area (Å²) in [6.45, 7) is 6.44. The summed E-state index contributed by atoms with van der Waals surface area (Å²) in [5.74, 6) is 0.848. The number of ether oxygens (including phenoxy) is 3. The van der Waals surface area contributed by atoms with Crippen molar-refractivity contribution in [3.63, 3.8) is 0 Å². The lowest BCUT2D eigenvalue weighted by molar-refractivity contribution is -0.377. The van der Waals surface area contributed by atoms with E-state index in [0.717, 1.165) is 34.4 Å². The molecule has 7 heteroatoms. The van der Waals surface area contributed by atoms with E-state index < -0.39 is 6.29 Å². The predicted molar refractivity (Wildman–Crippen MR) is 114 cm³/mol. The highest BCUT2D eigenvalue weighted by atomic mass is 17.2. The van der Waals surface area contributed by atoms with Gasteiger partial charge >= 0.3 is 0 Å². The van der Waals surface area contributed by atoms with Gasteiger partial charge in [-0.25, -0.2) is 9.78 Å². The molecule has 1 unspecified atom stereocenters. The quantitative estimate of drug-likeness (QED) is 0.145. The fourth-order valence-electron chi connectivity index (χ4n) is 2.98. The zero-order valence-corrected chi connectivity index (χ0v) is 17.5. The van der Waals surface area contributed by atoms with Crippen molar-refractivity contribution in [3.8, 4) is 23.0 Å². The summed E-state index contributed by atoms with van der Waals surface area (Å²) in [5.41, 5.74) is 0. The molecule has 0 spiro atoms. The van der Waals surface area contributed by atoms with Gasteiger partial charge in [0.05, 0.1) is 13.2 Å². The molecule has 0 radical (unpaired) electrons. The fraction of sp³-hybridized carbons (Fsp3) is 0.391. The van der Waals surface area contributed by atoms with Gasteiger partial charge in [-0.05, 0) is 78.2 Å². The monoisotopic (exact) mass is 416 g/mol. The first kappa shape index (κ1) is 22.0. The maximum atomic E-state index is 10.3. The average molecular weight is 416 g/mol. The molecule has 0 aliphatic carbocycles. The molecule has 0 saturated heterocycles. The molecular formula is C23H28O7. The Morgan fingerprint density at radius 2 is 1.37 bits per heavy atom. The number of unbranched alkanes of at least 4 members (excludes halogenated alkanes) is 1. The summed E-state index contributed by atoms with van der Waals surface area (Å²) >= 11 is 0. The molecule has 3 aromatic rings. The summed E-state index contributed by atoms with van der Waals surface area (Å²) in [6, 6.07) is 10.7. The summed E-state index contributed by atoms with van der Waals surface area (Å²) in [6.07, 6.45) is 1.34. The molecule has 3 aromatic carbocycles. The number of fused-ring (bicyclic) bond motifs is 2. The smallest absolute Gasteiger partial charge is 0.192 e. The molecule has 1 atom stereocenters. The van der Waals surface area contributed by atoms with E-state index in [1.807, 2.05) is 25.1 Å². The molecule has 0 saturated carbocycles. The Hall–Kier alpha value is -2.74. The minimum atomic E-state index is -0.602. The van der Waals surface area contributed by atoms with Gasteiger partial charge in [0.1, 0.15) is 0 Å². The van der Waals surface area contributed by atoms with Crippen LogP contribution >= 0.6 is 0 Å². The van der Waals surface area contributed by atoms with Crippen molar-refractivity contribution in [2.24, 2.45) is 0 Å². The van der Waals surface area contributed by atoms with Crippen molar-refractivity contribution < 1.29 is 34.2 Å². The Morgan fingerprint density at radius 1 is 0.800 bits per heavy atom. The van der Waals surface area contributed by atoms with E-state index in [9.17, 15) is 10.2 Å². The van der Waals surface area contributed by atoms with E-state index in [2.05, 4.69) is 6.92 Å². The second-order valence-electron chi connectivity index (χ2n) is 6.89. The van der Waals surface area contributed by atoms with E-state index in [0.29, 0.717) is 24.7 Å². The Labute approximate surface area is 175 Å². The van der Waals surface area contributed by atoms with Crippen molar-refractivity contribution in [2.45, 2.75) is 39.9 Å². The summed E-state index contributed by atoms with van der Waals surface area (Å²) in [5, 5.41) is 24.0. The maximum absolute atomic E-state index is 10.3. The Bertz CT molecular complexity index is 986. The van der Waals surface area contributed by atoms with Crippen molar-refractivity contribution in [1.29, 1.82) is 0 Å². The average Bonchev–Trinajstić information content (AvgIpc) is 2.72. The fourth-order valence-corrected chi connectivity index (χ4v) is 2.98. The predicted octanol–water partition coefficient (Wildman–Crippen LogP) is 5.25. The van der Waals surface area contributed by atoms with Crippen LogP contribution in [0.4, 0.5) is 0 Å². The highest BCUT2D eigenvalue weighted by Crippen LogP contribution is 2.37. The van der Waals surface area contributed by atoms with E-state index in [-0.39, 0.29) is 18.3 Å². The molecule has 0 fully saturated rings. The van der Waals surface area contributed by atoms with Gasteiger partial charge in [0.25, 0.3) is 0 Å². The zero-order chi connectivity index (χ0) is 21.5. The van der Waals surface area contributed by atoms with Gasteiger partial charge in [-0.3, -0.25) is 0 Å². The van der Waals surface area contributed by atoms with Crippen molar-refractivity contribution in [2.75, 3.05) is 20.0 Å². The molecule has 0 aliphatic rings.